The molecule has 1 rings (SSSR count). The van der Waals surface area contributed by atoms with Crippen LogP contribution in [0, 0.1) is 11.3 Å². The number of rotatable bonds is 4. The topological polar surface area (TPSA) is 126 Å². The van der Waals surface area contributed by atoms with Gasteiger partial charge in [-0.05, 0) is 6.92 Å². The van der Waals surface area contributed by atoms with E-state index < -0.39 is 16.3 Å². The van der Waals surface area contributed by atoms with Gasteiger partial charge in [-0.15, -0.1) is 0 Å². The molecule has 0 atom stereocenters. The lowest BCUT2D eigenvalue weighted by Crippen LogP contribution is -2.36. The number of aromatic nitrogens is 2. The van der Waals surface area contributed by atoms with Gasteiger partial charge >= 0.3 is 16.3 Å². The summed E-state index contributed by atoms with van der Waals surface area (Å²) in [5, 5.41) is 12.5. The summed E-state index contributed by atoms with van der Waals surface area (Å²) in [5.74, 6) is -0.170. The third-order valence-corrected chi connectivity index (χ3v) is 2.57. The predicted octanol–water partition coefficient (Wildman–Crippen LogP) is -0.305. The Morgan fingerprint density at radius 1 is 1.67 bits per heavy atom. The second-order valence-electron chi connectivity index (χ2n) is 3.10. The van der Waals surface area contributed by atoms with Crippen molar-refractivity contribution in [2.75, 3.05) is 11.3 Å². The molecule has 0 saturated carbocycles. The fourth-order valence-electron chi connectivity index (χ4n) is 1.07. The lowest BCUT2D eigenvalue weighted by atomic mass is 10.4. The van der Waals surface area contributed by atoms with Gasteiger partial charge < -0.3 is 4.74 Å². The van der Waals surface area contributed by atoms with E-state index in [4.69, 9.17) is 5.26 Å². The van der Waals surface area contributed by atoms with Crippen LogP contribution in [0.5, 0.6) is 0 Å². The molecule has 18 heavy (non-hydrogen) atoms. The van der Waals surface area contributed by atoms with Gasteiger partial charge in [0.15, 0.2) is 5.82 Å². The van der Waals surface area contributed by atoms with E-state index >= 15 is 0 Å². The number of hydrogen-bond donors (Lipinski definition) is 2. The molecule has 0 radical (unpaired) electrons. The number of carbonyl (C=O) groups is 1. The summed E-state index contributed by atoms with van der Waals surface area (Å²) in [6.07, 6.45) is 0.224. The quantitative estimate of drug-likeness (QED) is 0.775. The smallest absolute Gasteiger partial charge is 0.422 e. The molecule has 0 spiro atoms. The normalized spacial score (nSPS) is 10.5. The van der Waals surface area contributed by atoms with Crippen LogP contribution < -0.4 is 9.44 Å². The van der Waals surface area contributed by atoms with Crippen LogP contribution in [-0.4, -0.2) is 30.9 Å². The van der Waals surface area contributed by atoms with Crippen LogP contribution in [-0.2, 0) is 22.0 Å². The fraction of sp³-hybridized carbons (Fsp3) is 0.375. The van der Waals surface area contributed by atoms with Crippen LogP contribution in [0.4, 0.5) is 10.6 Å². The summed E-state index contributed by atoms with van der Waals surface area (Å²) in [7, 11) is -2.65. The van der Waals surface area contributed by atoms with Crippen molar-refractivity contribution in [3.05, 3.63) is 11.8 Å². The van der Waals surface area contributed by atoms with Crippen LogP contribution in [0.3, 0.4) is 0 Å². The second kappa shape index (κ2) is 5.37. The van der Waals surface area contributed by atoms with Gasteiger partial charge in [-0.25, -0.2) is 14.2 Å². The SMILES string of the molecule is CCOC(=O)NS(=O)(=O)Nc1nn(C)cc1C#N. The van der Waals surface area contributed by atoms with E-state index in [0.717, 1.165) is 0 Å². The summed E-state index contributed by atoms with van der Waals surface area (Å²) >= 11 is 0. The number of aryl methyl sites for hydroxylation is 1. The number of ether oxygens (including phenoxy) is 1. The maximum Gasteiger partial charge on any atom is 0.422 e. The Morgan fingerprint density at radius 3 is 2.89 bits per heavy atom. The molecule has 0 aliphatic rings. The van der Waals surface area contributed by atoms with Crippen LogP contribution in [0.25, 0.3) is 0 Å². The van der Waals surface area contributed by atoms with E-state index in [0.29, 0.717) is 0 Å². The average molecular weight is 273 g/mol. The molecule has 0 fully saturated rings. The highest BCUT2D eigenvalue weighted by atomic mass is 32.2. The minimum absolute atomic E-state index is 0.0340. The van der Waals surface area contributed by atoms with Crippen molar-refractivity contribution >= 4 is 22.1 Å². The van der Waals surface area contributed by atoms with Crippen molar-refractivity contribution in [3.63, 3.8) is 0 Å². The molecule has 0 unspecified atom stereocenters. The average Bonchev–Trinajstić information content (AvgIpc) is 2.56. The summed E-state index contributed by atoms with van der Waals surface area (Å²) in [5.41, 5.74) is 0.0340. The molecule has 0 saturated heterocycles. The molecule has 1 aromatic heterocycles. The van der Waals surface area contributed by atoms with Crippen LogP contribution in [0.15, 0.2) is 6.20 Å². The summed E-state index contributed by atoms with van der Waals surface area (Å²) in [6.45, 7) is 1.57. The molecule has 0 aromatic carbocycles. The Bertz CT molecular complexity index is 585. The molecule has 1 amide bonds. The monoisotopic (exact) mass is 273 g/mol. The Kier molecular flexibility index (Phi) is 4.11. The summed E-state index contributed by atoms with van der Waals surface area (Å²) in [4.78, 5) is 11.0. The zero-order valence-corrected chi connectivity index (χ0v) is 10.5. The molecule has 1 heterocycles. The van der Waals surface area contributed by atoms with E-state index in [9.17, 15) is 13.2 Å². The van der Waals surface area contributed by atoms with Crippen LogP contribution >= 0.6 is 0 Å². The first-order valence-corrected chi connectivity index (χ1v) is 6.27. The Balaban J connectivity index is 2.83. The van der Waals surface area contributed by atoms with E-state index in [-0.39, 0.29) is 18.0 Å². The number of nitrogens with zero attached hydrogens (tertiary/aromatic N) is 3. The van der Waals surface area contributed by atoms with E-state index in [2.05, 4.69) is 9.84 Å². The van der Waals surface area contributed by atoms with Crippen molar-refractivity contribution in [3.8, 4) is 6.07 Å². The number of anilines is 1. The maximum absolute atomic E-state index is 11.5. The third kappa shape index (κ3) is 3.63. The predicted molar refractivity (Wildman–Crippen MR) is 60.6 cm³/mol. The first kappa shape index (κ1) is 13.8. The highest BCUT2D eigenvalue weighted by Crippen LogP contribution is 2.11. The highest BCUT2D eigenvalue weighted by molar-refractivity contribution is 7.91. The minimum Gasteiger partial charge on any atom is -0.449 e. The van der Waals surface area contributed by atoms with E-state index in [1.165, 1.54) is 24.9 Å². The van der Waals surface area contributed by atoms with Gasteiger partial charge in [0, 0.05) is 13.2 Å². The molecule has 2 N–H and O–H groups in total. The van der Waals surface area contributed by atoms with Crippen LogP contribution in [0.2, 0.25) is 0 Å². The molecule has 10 heteroatoms. The molecule has 0 bridgehead atoms. The molecule has 0 aliphatic heterocycles. The Hall–Kier alpha value is -2.28. The zero-order valence-electron chi connectivity index (χ0n) is 9.67. The maximum atomic E-state index is 11.5. The standard InChI is InChI=1S/C8H11N5O4S/c1-3-17-8(14)12-18(15,16)11-7-6(4-9)5-13(2)10-7/h5H,3H2,1-2H3,(H,10,11)(H,12,14). The third-order valence-electron chi connectivity index (χ3n) is 1.67. The number of carbonyl (C=O) groups excluding carboxylic acids is 1. The van der Waals surface area contributed by atoms with Gasteiger partial charge in [-0.3, -0.25) is 4.68 Å². The second-order valence-corrected chi connectivity index (χ2v) is 4.52. The van der Waals surface area contributed by atoms with Crippen molar-refractivity contribution in [1.29, 1.82) is 5.26 Å². The molecule has 0 aliphatic carbocycles. The Morgan fingerprint density at radius 2 is 2.33 bits per heavy atom. The molecular weight excluding hydrogens is 262 g/mol. The van der Waals surface area contributed by atoms with Crippen LogP contribution in [0.1, 0.15) is 12.5 Å². The van der Waals surface area contributed by atoms with E-state index in [1.807, 2.05) is 4.72 Å². The van der Waals surface area contributed by atoms with Gasteiger partial charge in [0.1, 0.15) is 11.6 Å². The van der Waals surface area contributed by atoms with Gasteiger partial charge in [0.05, 0.1) is 6.61 Å². The number of hydrogen-bond acceptors (Lipinski definition) is 6. The molecule has 98 valence electrons. The fourth-order valence-corrected chi connectivity index (χ4v) is 1.80. The minimum atomic E-state index is -4.18. The molecule has 9 nitrogen and oxygen atoms in total. The highest BCUT2D eigenvalue weighted by Gasteiger charge is 2.18. The van der Waals surface area contributed by atoms with Crippen molar-refractivity contribution in [2.45, 2.75) is 6.92 Å². The van der Waals surface area contributed by atoms with Crippen molar-refractivity contribution in [1.82, 2.24) is 14.5 Å². The van der Waals surface area contributed by atoms with Crippen molar-refractivity contribution in [2.24, 2.45) is 7.05 Å². The zero-order chi connectivity index (χ0) is 13.8. The largest absolute Gasteiger partial charge is 0.449 e. The number of amides is 1. The van der Waals surface area contributed by atoms with Gasteiger partial charge in [0.2, 0.25) is 0 Å². The number of nitrogens with one attached hydrogen (secondary N) is 2. The van der Waals surface area contributed by atoms with Gasteiger partial charge in [0.25, 0.3) is 0 Å². The van der Waals surface area contributed by atoms with Gasteiger partial charge in [-0.1, -0.05) is 0 Å². The summed E-state index contributed by atoms with van der Waals surface area (Å²) < 4.78 is 32.2. The summed E-state index contributed by atoms with van der Waals surface area (Å²) in [6, 6.07) is 1.76. The first-order chi connectivity index (χ1) is 8.38. The molecule has 1 aromatic rings. The molecular formula is C8H11N5O4S. The lowest BCUT2D eigenvalue weighted by Gasteiger charge is -2.07. The van der Waals surface area contributed by atoms with E-state index in [1.54, 1.807) is 10.8 Å². The Labute approximate surface area is 104 Å². The van der Waals surface area contributed by atoms with Gasteiger partial charge in [-0.2, -0.15) is 18.8 Å². The first-order valence-electron chi connectivity index (χ1n) is 4.79. The number of nitriles is 1. The lowest BCUT2D eigenvalue weighted by molar-refractivity contribution is 0.159. The van der Waals surface area contributed by atoms with Crippen molar-refractivity contribution < 1.29 is 17.9 Å².